The van der Waals surface area contributed by atoms with Gasteiger partial charge >= 0.3 is 0 Å². The van der Waals surface area contributed by atoms with Crippen molar-refractivity contribution in [3.63, 3.8) is 0 Å². The fourth-order valence-electron chi connectivity index (χ4n) is 7.66. The predicted octanol–water partition coefficient (Wildman–Crippen LogP) is 12.4. The van der Waals surface area contributed by atoms with Gasteiger partial charge in [0.05, 0.1) is 36.8 Å². The lowest BCUT2D eigenvalue weighted by Gasteiger charge is -2.39. The van der Waals surface area contributed by atoms with Gasteiger partial charge in [-0.05, 0) is 93.9 Å². The smallest absolute Gasteiger partial charge is 0.132 e. The van der Waals surface area contributed by atoms with Crippen LogP contribution in [0.3, 0.4) is 0 Å². The van der Waals surface area contributed by atoms with E-state index in [2.05, 4.69) is 54.6 Å². The maximum absolute atomic E-state index is 8.61. The molecule has 3 nitrogen and oxygen atoms in total. The Balaban J connectivity index is 1.18. The predicted molar refractivity (Wildman–Crippen MR) is 206 cm³/mol. The lowest BCUT2D eigenvalue weighted by Crippen LogP contribution is -2.32. The van der Waals surface area contributed by atoms with E-state index in [1.165, 1.54) is 22.7 Å². The van der Waals surface area contributed by atoms with Gasteiger partial charge in [0, 0.05) is 22.3 Å². The van der Waals surface area contributed by atoms with Crippen molar-refractivity contribution in [3.8, 4) is 54.9 Å². The summed E-state index contributed by atoms with van der Waals surface area (Å²) < 4.78 is 74.8. The summed E-state index contributed by atoms with van der Waals surface area (Å²) >= 11 is 2.37. The van der Waals surface area contributed by atoms with Crippen LogP contribution in [-0.4, -0.2) is 9.97 Å². The first kappa shape index (κ1) is 21.3. The highest BCUT2D eigenvalue weighted by molar-refractivity contribution is 7.22. The SMILES string of the molecule is [2H]c1c([2H])c([2H])c2sc(-c3cc(-c4ccc5c(c4)C4(c6ccccc6Oc6ccccc64)c4ccccc4-5)cc(-c4nc5c([2H])c([2H])c([2H])c([2H])c5s4)c3)nc2c1[2H]. The molecule has 0 amide bonds. The van der Waals surface area contributed by atoms with Crippen molar-refractivity contribution >= 4 is 43.1 Å². The van der Waals surface area contributed by atoms with Crippen LogP contribution in [0.2, 0.25) is 0 Å². The van der Waals surface area contributed by atoms with Crippen molar-refractivity contribution in [2.24, 2.45) is 0 Å². The molecule has 0 saturated carbocycles. The molecule has 0 radical (unpaired) electrons. The van der Waals surface area contributed by atoms with Crippen molar-refractivity contribution in [1.29, 1.82) is 0 Å². The summed E-state index contributed by atoms with van der Waals surface area (Å²) in [7, 11) is 0. The number of benzene rings is 7. The Kier molecular flexibility index (Phi) is 4.49. The highest BCUT2D eigenvalue weighted by Gasteiger charge is 2.51. The summed E-state index contributed by atoms with van der Waals surface area (Å²) in [6.45, 7) is 0. The van der Waals surface area contributed by atoms with Crippen LogP contribution in [0.15, 0.2) is 158 Å². The van der Waals surface area contributed by atoms with E-state index in [0.29, 0.717) is 30.5 Å². The maximum atomic E-state index is 8.61. The molecule has 0 atom stereocenters. The second kappa shape index (κ2) is 10.6. The van der Waals surface area contributed by atoms with Gasteiger partial charge in [0.1, 0.15) is 21.5 Å². The number of hydrogen-bond acceptors (Lipinski definition) is 5. The Labute approximate surface area is 308 Å². The average molecular weight is 683 g/mol. The molecule has 0 fully saturated rings. The zero-order valence-corrected chi connectivity index (χ0v) is 27.6. The van der Waals surface area contributed by atoms with Gasteiger partial charge in [-0.2, -0.15) is 0 Å². The first-order valence-corrected chi connectivity index (χ1v) is 17.7. The molecular weight excluding hydrogens is 649 g/mol. The van der Waals surface area contributed by atoms with Crippen LogP contribution in [-0.2, 0) is 5.41 Å². The van der Waals surface area contributed by atoms with Crippen LogP contribution in [0.1, 0.15) is 33.2 Å². The zero-order valence-electron chi connectivity index (χ0n) is 34.0. The number of nitrogens with zero attached hydrogens (tertiary/aromatic N) is 2. The summed E-state index contributed by atoms with van der Waals surface area (Å²) in [5.41, 5.74) is 9.27. The molecular formula is C45H26N2OS2. The lowest BCUT2D eigenvalue weighted by atomic mass is 9.66. The standard InChI is InChI=1S/C45H26N2OS2/c1-2-12-33-31(11-1)32-22-21-27(26-36(32)45(33)34-13-3-7-17-39(34)48-40-18-8-4-14-35(40)45)28-23-29(43-46-37-15-5-9-19-41(37)49-43)25-30(24-28)44-47-38-16-6-10-20-42(38)50-44/h1-26H/i5D,6D,9D,10D,15D,16D,19D,20D. The molecule has 50 heavy (non-hydrogen) atoms. The molecule has 0 saturated heterocycles. The summed E-state index contributed by atoms with van der Waals surface area (Å²) in [6, 6.07) is 35.2. The molecule has 1 spiro atoms. The number of hydrogen-bond donors (Lipinski definition) is 0. The van der Waals surface area contributed by atoms with Gasteiger partial charge in [0.15, 0.2) is 0 Å². The van der Waals surface area contributed by atoms with Crippen LogP contribution < -0.4 is 4.74 Å². The number of fused-ring (bicyclic) bond motifs is 11. The zero-order chi connectivity index (χ0) is 39.8. The molecule has 0 N–H and O–H groups in total. The lowest BCUT2D eigenvalue weighted by molar-refractivity contribution is 0.436. The highest BCUT2D eigenvalue weighted by Crippen LogP contribution is 2.62. The number of aromatic nitrogens is 2. The molecule has 0 unspecified atom stereocenters. The summed E-state index contributed by atoms with van der Waals surface area (Å²) in [6.07, 6.45) is 0. The Morgan fingerprint density at radius 1 is 0.480 bits per heavy atom. The van der Waals surface area contributed by atoms with Gasteiger partial charge < -0.3 is 4.74 Å². The average Bonchev–Trinajstić information content (AvgIpc) is 3.98. The molecule has 9 aromatic rings. The Morgan fingerprint density at radius 2 is 1.00 bits per heavy atom. The van der Waals surface area contributed by atoms with Crippen molar-refractivity contribution in [2.45, 2.75) is 5.41 Å². The van der Waals surface area contributed by atoms with Crippen molar-refractivity contribution in [1.82, 2.24) is 9.97 Å². The van der Waals surface area contributed by atoms with Crippen molar-refractivity contribution in [2.75, 3.05) is 0 Å². The first-order valence-electron chi connectivity index (χ1n) is 20.1. The Morgan fingerprint density at radius 3 is 1.64 bits per heavy atom. The minimum atomic E-state index is -0.693. The van der Waals surface area contributed by atoms with Gasteiger partial charge in [-0.3, -0.25) is 0 Å². The van der Waals surface area contributed by atoms with E-state index in [0.717, 1.165) is 56.0 Å². The van der Waals surface area contributed by atoms with Gasteiger partial charge in [-0.1, -0.05) is 97.0 Å². The van der Waals surface area contributed by atoms with Crippen molar-refractivity contribution < 1.29 is 15.7 Å². The largest absolute Gasteiger partial charge is 0.457 e. The van der Waals surface area contributed by atoms with E-state index >= 15 is 0 Å². The molecule has 2 aromatic heterocycles. The topological polar surface area (TPSA) is 35.0 Å². The van der Waals surface area contributed by atoms with E-state index < -0.39 is 5.41 Å². The Hall–Kier alpha value is -5.88. The van der Waals surface area contributed by atoms with Crippen LogP contribution in [0.5, 0.6) is 11.5 Å². The molecule has 1 aliphatic carbocycles. The van der Waals surface area contributed by atoms with Gasteiger partial charge in [-0.15, -0.1) is 22.7 Å². The van der Waals surface area contributed by atoms with Crippen LogP contribution >= 0.6 is 22.7 Å². The minimum absolute atomic E-state index is 0.147. The minimum Gasteiger partial charge on any atom is -0.457 e. The number of rotatable bonds is 3. The Bertz CT molecular complexity index is 3030. The van der Waals surface area contributed by atoms with Crippen LogP contribution in [0, 0.1) is 0 Å². The van der Waals surface area contributed by atoms with Crippen LogP contribution in [0.25, 0.3) is 63.8 Å². The van der Waals surface area contributed by atoms with Gasteiger partial charge in [-0.25, -0.2) is 9.97 Å². The molecule has 0 bridgehead atoms. The van der Waals surface area contributed by atoms with E-state index in [1.807, 2.05) is 54.6 Å². The molecule has 3 heterocycles. The molecule has 1 aliphatic heterocycles. The van der Waals surface area contributed by atoms with E-state index in [4.69, 9.17) is 25.7 Å². The monoisotopic (exact) mass is 682 g/mol. The molecule has 11 rings (SSSR count). The molecule has 7 aromatic carbocycles. The van der Waals surface area contributed by atoms with Crippen molar-refractivity contribution in [3.05, 3.63) is 180 Å². The summed E-state index contributed by atoms with van der Waals surface area (Å²) in [5, 5.41) is 0.987. The summed E-state index contributed by atoms with van der Waals surface area (Å²) in [4.78, 5) is 9.56. The molecule has 234 valence electrons. The fourth-order valence-corrected chi connectivity index (χ4v) is 9.38. The third-order valence-electron chi connectivity index (χ3n) is 9.70. The van der Waals surface area contributed by atoms with Gasteiger partial charge in [0.25, 0.3) is 0 Å². The maximum Gasteiger partial charge on any atom is 0.132 e. The second-order valence-corrected chi connectivity index (χ2v) is 14.3. The normalized spacial score (nSPS) is 15.8. The van der Waals surface area contributed by atoms with Crippen LogP contribution in [0.4, 0.5) is 0 Å². The number of thiazole rings is 2. The summed E-state index contributed by atoms with van der Waals surface area (Å²) in [5.74, 6) is 1.57. The van der Waals surface area contributed by atoms with E-state index in [9.17, 15) is 0 Å². The third-order valence-corrected chi connectivity index (χ3v) is 11.7. The molecule has 2 aliphatic rings. The van der Waals surface area contributed by atoms with E-state index in [-0.39, 0.29) is 59.4 Å². The first-order chi connectivity index (χ1) is 28.1. The number of ether oxygens (including phenoxy) is 1. The third kappa shape index (κ3) is 3.96. The van der Waals surface area contributed by atoms with E-state index in [1.54, 1.807) is 0 Å². The number of para-hydroxylation sites is 4. The second-order valence-electron chi connectivity index (χ2n) is 12.3. The molecule has 5 heteroatoms. The highest BCUT2D eigenvalue weighted by atomic mass is 32.1. The quantitative estimate of drug-likeness (QED) is 0.186. The van der Waals surface area contributed by atoms with Gasteiger partial charge in [0.2, 0.25) is 0 Å². The fraction of sp³-hybridized carbons (Fsp3) is 0.0222.